The van der Waals surface area contributed by atoms with Gasteiger partial charge in [-0.15, -0.1) is 0 Å². The van der Waals surface area contributed by atoms with Crippen LogP contribution in [0.5, 0.6) is 0 Å². The Morgan fingerprint density at radius 3 is 0.927 bits per heavy atom. The number of unbranched alkanes of at least 4 members (excludes halogenated alkanes) is 37. The van der Waals surface area contributed by atoms with E-state index in [4.69, 9.17) is 37.0 Å². The van der Waals surface area contributed by atoms with Crippen molar-refractivity contribution in [2.45, 2.75) is 388 Å². The minimum absolute atomic E-state index is 0.0959. The maximum atomic E-state index is 13.1. The van der Waals surface area contributed by atoms with Gasteiger partial charge in [0, 0.05) is 25.7 Å². The number of ether oxygens (including phenoxy) is 4. The number of carbonyl (C=O) groups is 4. The average molecular weight is 1410 g/mol. The minimum atomic E-state index is -4.96. The van der Waals surface area contributed by atoms with Gasteiger partial charge in [-0.1, -0.05) is 317 Å². The molecule has 96 heavy (non-hydrogen) atoms. The molecule has 0 radical (unpaired) electrons. The predicted molar refractivity (Wildman–Crippen MR) is 390 cm³/mol. The SMILES string of the molecule is CCCCCC/C=C\C=C/CCCCCCCC(=O)OC[C@H](COP(=O)(O)OCC(O)COP(=O)(O)OC[C@@H](COC(=O)CCCCCCCCCC(C)C)OC(=O)CCCCCCCCCCCCCCCCCCCCC(C)C)OC(=O)CCCCCCCCC(C)CC. The lowest BCUT2D eigenvalue weighted by Gasteiger charge is -2.21. The van der Waals surface area contributed by atoms with Crippen molar-refractivity contribution < 1.29 is 80.2 Å². The average Bonchev–Trinajstić information content (AvgIpc) is 2.45. The first-order valence-electron chi connectivity index (χ1n) is 39.2. The first kappa shape index (κ1) is 93.5. The van der Waals surface area contributed by atoms with Crippen molar-refractivity contribution in [1.29, 1.82) is 0 Å². The number of carbonyl (C=O) groups excluding carboxylic acids is 4. The van der Waals surface area contributed by atoms with Crippen LogP contribution in [0.4, 0.5) is 0 Å². The molecule has 0 aromatic heterocycles. The summed E-state index contributed by atoms with van der Waals surface area (Å²) >= 11 is 0. The van der Waals surface area contributed by atoms with E-state index < -0.39 is 97.5 Å². The van der Waals surface area contributed by atoms with Crippen molar-refractivity contribution >= 4 is 39.5 Å². The normalized spacial score (nSPS) is 14.5. The zero-order valence-corrected chi connectivity index (χ0v) is 64.1. The molecule has 0 heterocycles. The molecule has 0 saturated heterocycles. The first-order valence-corrected chi connectivity index (χ1v) is 42.2. The highest BCUT2D eigenvalue weighted by atomic mass is 31.2. The number of phosphoric acid groups is 2. The summed E-state index contributed by atoms with van der Waals surface area (Å²) in [6, 6.07) is 0. The van der Waals surface area contributed by atoms with E-state index in [1.54, 1.807) is 0 Å². The molecule has 0 aromatic rings. The van der Waals surface area contributed by atoms with Crippen LogP contribution in [-0.2, 0) is 65.4 Å². The smallest absolute Gasteiger partial charge is 0.462 e. The Balaban J connectivity index is 5.20. The van der Waals surface area contributed by atoms with E-state index in [0.717, 1.165) is 121 Å². The molecule has 0 aliphatic heterocycles. The van der Waals surface area contributed by atoms with Crippen molar-refractivity contribution in [2.24, 2.45) is 17.8 Å². The molecule has 0 aliphatic carbocycles. The zero-order chi connectivity index (χ0) is 70.9. The third-order valence-corrected chi connectivity index (χ3v) is 19.5. The van der Waals surface area contributed by atoms with Crippen LogP contribution in [0.3, 0.4) is 0 Å². The van der Waals surface area contributed by atoms with E-state index in [-0.39, 0.29) is 25.7 Å². The lowest BCUT2D eigenvalue weighted by atomic mass is 10.00. The highest BCUT2D eigenvalue weighted by Gasteiger charge is 2.30. The van der Waals surface area contributed by atoms with E-state index in [1.807, 2.05) is 0 Å². The molecule has 566 valence electrons. The van der Waals surface area contributed by atoms with Gasteiger partial charge < -0.3 is 33.8 Å². The number of aliphatic hydroxyl groups is 1. The molecule has 0 rings (SSSR count). The molecule has 19 heteroatoms. The second-order valence-corrected chi connectivity index (χ2v) is 31.2. The second kappa shape index (κ2) is 67.1. The Morgan fingerprint density at radius 1 is 0.344 bits per heavy atom. The number of esters is 4. The van der Waals surface area contributed by atoms with Gasteiger partial charge in [-0.05, 0) is 69.1 Å². The third kappa shape index (κ3) is 68.7. The summed E-state index contributed by atoms with van der Waals surface area (Å²) in [6.07, 6.45) is 56.6. The van der Waals surface area contributed by atoms with Gasteiger partial charge in [-0.25, -0.2) is 9.13 Å². The summed E-state index contributed by atoms with van der Waals surface area (Å²) in [7, 11) is -9.92. The third-order valence-electron chi connectivity index (χ3n) is 17.6. The van der Waals surface area contributed by atoms with Gasteiger partial charge in [0.05, 0.1) is 26.4 Å². The molecule has 0 spiro atoms. The van der Waals surface area contributed by atoms with Gasteiger partial charge >= 0.3 is 39.5 Å². The summed E-state index contributed by atoms with van der Waals surface area (Å²) < 4.78 is 68.4. The minimum Gasteiger partial charge on any atom is -0.462 e. The maximum absolute atomic E-state index is 13.1. The lowest BCUT2D eigenvalue weighted by Crippen LogP contribution is -2.30. The quantitative estimate of drug-likeness (QED) is 0.0169. The molecule has 0 bridgehead atoms. The monoisotopic (exact) mass is 1410 g/mol. The van der Waals surface area contributed by atoms with Crippen molar-refractivity contribution in [3.8, 4) is 0 Å². The Labute approximate surface area is 586 Å². The van der Waals surface area contributed by atoms with E-state index in [2.05, 4.69) is 72.8 Å². The van der Waals surface area contributed by atoms with Crippen LogP contribution in [-0.4, -0.2) is 96.7 Å². The molecule has 6 atom stereocenters. The molecule has 0 aliphatic rings. The number of hydrogen-bond acceptors (Lipinski definition) is 15. The fourth-order valence-electron chi connectivity index (χ4n) is 11.2. The molecular weight excluding hydrogens is 1260 g/mol. The Kier molecular flexibility index (Phi) is 65.3. The topological polar surface area (TPSA) is 237 Å². The van der Waals surface area contributed by atoms with Gasteiger partial charge in [0.25, 0.3) is 0 Å². The standard InChI is InChI=1S/C77H146O17P2/c1-8-10-11-12-13-14-15-16-21-25-28-31-36-44-51-58-74(79)87-65-73(94-77(82)61-54-47-40-39-43-50-57-70(7)9-2)67-92-96(85,86)90-63-71(78)62-89-95(83,84)91-66-72(64-88-75(80)59-52-45-38-33-35-42-49-56-69(5)6)93-76(81)60-53-46-37-32-29-26-23-20-18-17-19-22-24-27-30-34-41-48-55-68(3)4/h14-16,21,68-73,78H,8-13,17-20,22-67H2,1-7H3,(H,83,84)(H,85,86)/b15-14-,21-16-/t70?,71?,72-,73-/m1/s1. The molecular formula is C77H146O17P2. The number of aliphatic hydroxyl groups excluding tert-OH is 1. The molecule has 4 unspecified atom stereocenters. The van der Waals surface area contributed by atoms with Crippen LogP contribution < -0.4 is 0 Å². The Bertz CT molecular complexity index is 1970. The highest BCUT2D eigenvalue weighted by molar-refractivity contribution is 7.47. The van der Waals surface area contributed by atoms with Crippen molar-refractivity contribution in [3.63, 3.8) is 0 Å². The summed E-state index contributed by atoms with van der Waals surface area (Å²) in [5.74, 6) is 0.0867. The molecule has 0 saturated carbocycles. The van der Waals surface area contributed by atoms with Crippen molar-refractivity contribution in [3.05, 3.63) is 24.3 Å². The Hall–Kier alpha value is -2.46. The van der Waals surface area contributed by atoms with Crippen molar-refractivity contribution in [2.75, 3.05) is 39.6 Å². The second-order valence-electron chi connectivity index (χ2n) is 28.3. The van der Waals surface area contributed by atoms with Crippen LogP contribution in [0, 0.1) is 17.8 Å². The maximum Gasteiger partial charge on any atom is 0.472 e. The molecule has 0 aromatic carbocycles. The lowest BCUT2D eigenvalue weighted by molar-refractivity contribution is -0.161. The van der Waals surface area contributed by atoms with Crippen LogP contribution in [0.25, 0.3) is 0 Å². The fourth-order valence-corrected chi connectivity index (χ4v) is 12.8. The number of allylic oxidation sites excluding steroid dienone is 4. The van der Waals surface area contributed by atoms with Gasteiger partial charge in [0.15, 0.2) is 12.2 Å². The van der Waals surface area contributed by atoms with E-state index >= 15 is 0 Å². The van der Waals surface area contributed by atoms with E-state index in [1.165, 1.54) is 154 Å². The largest absolute Gasteiger partial charge is 0.472 e. The van der Waals surface area contributed by atoms with E-state index in [9.17, 15) is 43.2 Å². The molecule has 17 nitrogen and oxygen atoms in total. The summed E-state index contributed by atoms with van der Waals surface area (Å²) in [4.78, 5) is 72.7. The van der Waals surface area contributed by atoms with Crippen LogP contribution >= 0.6 is 15.6 Å². The first-order chi connectivity index (χ1) is 46.3. The van der Waals surface area contributed by atoms with Crippen molar-refractivity contribution in [1.82, 2.24) is 0 Å². The fraction of sp³-hybridized carbons (Fsp3) is 0.896. The number of hydrogen-bond donors (Lipinski definition) is 3. The van der Waals surface area contributed by atoms with E-state index in [0.29, 0.717) is 37.5 Å². The summed E-state index contributed by atoms with van der Waals surface area (Å²) in [6.45, 7) is 11.8. The Morgan fingerprint density at radius 2 is 0.615 bits per heavy atom. The zero-order valence-electron chi connectivity index (χ0n) is 62.3. The molecule has 0 amide bonds. The molecule has 3 N–H and O–H groups in total. The molecule has 0 fully saturated rings. The van der Waals surface area contributed by atoms with Gasteiger partial charge in [0.1, 0.15) is 19.3 Å². The number of phosphoric ester groups is 2. The summed E-state index contributed by atoms with van der Waals surface area (Å²) in [5, 5.41) is 10.6. The predicted octanol–water partition coefficient (Wildman–Crippen LogP) is 22.1. The van der Waals surface area contributed by atoms with Crippen LogP contribution in [0.15, 0.2) is 24.3 Å². The van der Waals surface area contributed by atoms with Gasteiger partial charge in [0.2, 0.25) is 0 Å². The van der Waals surface area contributed by atoms with Gasteiger partial charge in [-0.3, -0.25) is 37.3 Å². The van der Waals surface area contributed by atoms with Crippen LogP contribution in [0.1, 0.15) is 370 Å². The number of rotatable bonds is 73. The highest BCUT2D eigenvalue weighted by Crippen LogP contribution is 2.45. The van der Waals surface area contributed by atoms with Gasteiger partial charge in [-0.2, -0.15) is 0 Å². The summed E-state index contributed by atoms with van der Waals surface area (Å²) in [5.41, 5.74) is 0. The van der Waals surface area contributed by atoms with Crippen LogP contribution in [0.2, 0.25) is 0 Å².